The third kappa shape index (κ3) is 21.0. The first-order chi connectivity index (χ1) is 21.9. The molecule has 262 valence electrons. The smallest absolute Gasteiger partial charge is 0.340 e. The zero-order valence-electron chi connectivity index (χ0n) is 29.1. The molecule has 0 aliphatic rings. The van der Waals surface area contributed by atoms with Crippen LogP contribution in [0.4, 0.5) is 0 Å². The molecule has 0 rings (SSSR count). The number of Topliss-reactive ketones (excluding diaryl/α,β-unsaturated/α-hetero) is 1. The Kier molecular flexibility index (Phi) is 29.9. The number of aliphatic hydroxyl groups is 1. The second-order valence-electron chi connectivity index (χ2n) is 12.9. The number of amides is 1. The van der Waals surface area contributed by atoms with Crippen LogP contribution in [-0.2, 0) is 18.9 Å². The van der Waals surface area contributed by atoms with Crippen LogP contribution in [0, 0.1) is 0 Å². The van der Waals surface area contributed by atoms with Gasteiger partial charge in [-0.3, -0.25) is 9.59 Å². The number of nitrogens with zero attached hydrogens (tertiary/aromatic N) is 1. The number of rotatable bonds is 34. The fourth-order valence-electron chi connectivity index (χ4n) is 5.84. The maximum Gasteiger partial charge on any atom is 0.340 e. The van der Waals surface area contributed by atoms with Gasteiger partial charge in [0.15, 0.2) is 5.78 Å². The monoisotopic (exact) mass is 653 g/mol. The molecular weight excluding hydrogens is 585 g/mol. The van der Waals surface area contributed by atoms with E-state index in [1.54, 1.807) is 0 Å². The topological polar surface area (TPSA) is 112 Å². The highest BCUT2D eigenvalue weighted by Gasteiger charge is 2.53. The Hall–Kier alpha value is -1.59. The van der Waals surface area contributed by atoms with Gasteiger partial charge in [-0.1, -0.05) is 154 Å². The minimum absolute atomic E-state index is 0.00551. The molecule has 1 atom stereocenters. The summed E-state index contributed by atoms with van der Waals surface area (Å²) >= 11 is 0. The maximum absolute atomic E-state index is 13.1. The molecule has 2 N–H and O–H groups in total. The number of allylic oxidation sites excluding steroid dienone is 2. The molecule has 0 radical (unpaired) electrons. The summed E-state index contributed by atoms with van der Waals surface area (Å²) in [4.78, 5) is 38.2. The van der Waals surface area contributed by atoms with Crippen molar-refractivity contribution in [3.8, 4) is 0 Å². The van der Waals surface area contributed by atoms with E-state index in [0.29, 0.717) is 17.5 Å². The maximum atomic E-state index is 13.1. The molecule has 0 spiro atoms. The molecule has 0 aromatic carbocycles. The molecule has 7 nitrogen and oxygen atoms in total. The predicted molar refractivity (Wildman–Crippen MR) is 187 cm³/mol. The first kappa shape index (κ1) is 43.4. The van der Waals surface area contributed by atoms with Crippen LogP contribution in [0.25, 0.3) is 0 Å². The Bertz CT molecular complexity index is 789. The van der Waals surface area contributed by atoms with Gasteiger partial charge in [0.05, 0.1) is 6.61 Å². The van der Waals surface area contributed by atoms with Gasteiger partial charge in [-0.05, 0) is 38.5 Å². The van der Waals surface area contributed by atoms with E-state index in [1.165, 1.54) is 89.9 Å². The molecule has 0 aromatic rings. The van der Waals surface area contributed by atoms with Crippen molar-refractivity contribution in [1.82, 2.24) is 4.67 Å². The molecule has 0 aliphatic carbocycles. The van der Waals surface area contributed by atoms with Crippen molar-refractivity contribution in [3.63, 3.8) is 0 Å². The first-order valence-electron chi connectivity index (χ1n) is 18.6. The molecule has 0 fully saturated rings. The van der Waals surface area contributed by atoms with Gasteiger partial charge in [0, 0.05) is 12.8 Å². The molecule has 1 unspecified atom stereocenters. The number of ketones is 1. The summed E-state index contributed by atoms with van der Waals surface area (Å²) in [5.74, 6) is -3.08. The number of hydrogen-bond acceptors (Lipinski definition) is 5. The Morgan fingerprint density at radius 1 is 0.578 bits per heavy atom. The van der Waals surface area contributed by atoms with Crippen molar-refractivity contribution in [2.45, 2.75) is 199 Å². The zero-order chi connectivity index (χ0) is 33.4. The summed E-state index contributed by atoms with van der Waals surface area (Å²) in [5.41, 5.74) is -2.50. The van der Waals surface area contributed by atoms with E-state index in [-0.39, 0.29) is 12.8 Å². The third-order valence-electron chi connectivity index (χ3n) is 8.88. The van der Waals surface area contributed by atoms with Crippen LogP contribution in [0.2, 0.25) is 0 Å². The van der Waals surface area contributed by atoms with Crippen LogP contribution >= 0.6 is 8.61 Å². The highest BCUT2D eigenvalue weighted by molar-refractivity contribution is 7.22. The fraction of sp³-hybridized carbons (Fsp3) is 0.865. The van der Waals surface area contributed by atoms with Crippen LogP contribution in [0.1, 0.15) is 194 Å². The van der Waals surface area contributed by atoms with E-state index >= 15 is 0 Å². The van der Waals surface area contributed by atoms with Crippen LogP contribution in [0.3, 0.4) is 0 Å². The molecule has 1 amide bonds. The van der Waals surface area contributed by atoms with Crippen molar-refractivity contribution in [2.75, 3.05) is 6.61 Å². The zero-order valence-corrected chi connectivity index (χ0v) is 30.0. The predicted octanol–water partition coefficient (Wildman–Crippen LogP) is 10.9. The van der Waals surface area contributed by atoms with Crippen molar-refractivity contribution < 1.29 is 29.2 Å². The minimum Gasteiger partial charge on any atom is -0.479 e. The van der Waals surface area contributed by atoms with Crippen LogP contribution in [-0.4, -0.2) is 44.7 Å². The number of aliphatic hydroxyl groups excluding tert-OH is 1. The van der Waals surface area contributed by atoms with Crippen LogP contribution < -0.4 is 0 Å². The molecule has 0 aliphatic heterocycles. The Morgan fingerprint density at radius 3 is 1.29 bits per heavy atom. The van der Waals surface area contributed by atoms with Gasteiger partial charge in [-0.25, -0.2) is 14.0 Å². The summed E-state index contributed by atoms with van der Waals surface area (Å²) in [7, 11) is -0.884. The van der Waals surface area contributed by atoms with Gasteiger partial charge in [0.25, 0.3) is 8.61 Å². The second kappa shape index (κ2) is 31.0. The molecular formula is C37H68NO6P. The third-order valence-corrected chi connectivity index (χ3v) is 9.61. The number of carbonyl (C=O) groups excluding carboxylic acids is 2. The van der Waals surface area contributed by atoms with E-state index in [4.69, 9.17) is 0 Å². The van der Waals surface area contributed by atoms with Crippen molar-refractivity contribution in [1.29, 1.82) is 0 Å². The lowest BCUT2D eigenvalue weighted by Crippen LogP contribution is -2.61. The van der Waals surface area contributed by atoms with Crippen molar-refractivity contribution in [2.24, 2.45) is 0 Å². The quantitative estimate of drug-likeness (QED) is 0.0309. The molecule has 45 heavy (non-hydrogen) atoms. The first-order valence-corrected chi connectivity index (χ1v) is 19.4. The normalized spacial score (nSPS) is 13.0. The summed E-state index contributed by atoms with van der Waals surface area (Å²) in [5, 5.41) is 20.0. The lowest BCUT2D eigenvalue weighted by Gasteiger charge is -2.33. The Labute approximate surface area is 277 Å². The van der Waals surface area contributed by atoms with Gasteiger partial charge in [-0.15, -0.1) is 0 Å². The van der Waals surface area contributed by atoms with Crippen LogP contribution in [0.5, 0.6) is 0 Å². The molecule has 8 heteroatoms. The van der Waals surface area contributed by atoms with E-state index in [0.717, 1.165) is 64.2 Å². The molecule has 0 heterocycles. The van der Waals surface area contributed by atoms with E-state index < -0.39 is 38.4 Å². The van der Waals surface area contributed by atoms with Gasteiger partial charge in [0.2, 0.25) is 11.4 Å². The standard InChI is InChI=1S/C37H68NO6P/c1-3-5-7-9-11-13-15-17-18-20-22-24-26-28-30-32-35(41)38(45-44)37(33-39,36(42)43)34(40)31-29-27-25-23-21-19-16-14-12-10-8-6-4-2/h17-18,39H,3-16,19-33H2,1-2H3,(H,42,43)/b18-17-. The van der Waals surface area contributed by atoms with E-state index in [2.05, 4.69) is 26.0 Å². The Balaban J connectivity index is 4.30. The van der Waals surface area contributed by atoms with E-state index in [1.807, 2.05) is 0 Å². The van der Waals surface area contributed by atoms with Crippen molar-refractivity contribution in [3.05, 3.63) is 12.2 Å². The highest BCUT2D eigenvalue weighted by Crippen LogP contribution is 2.29. The summed E-state index contributed by atoms with van der Waals surface area (Å²) in [6.45, 7) is 3.38. The van der Waals surface area contributed by atoms with Gasteiger partial charge >= 0.3 is 5.97 Å². The molecule has 0 saturated carbocycles. The van der Waals surface area contributed by atoms with Gasteiger partial charge in [-0.2, -0.15) is 0 Å². The fourth-order valence-corrected chi connectivity index (χ4v) is 6.43. The average molecular weight is 654 g/mol. The Morgan fingerprint density at radius 2 is 0.933 bits per heavy atom. The molecule has 0 aromatic heterocycles. The number of carbonyl (C=O) groups is 3. The van der Waals surface area contributed by atoms with E-state index in [9.17, 15) is 29.2 Å². The van der Waals surface area contributed by atoms with Crippen LogP contribution in [0.15, 0.2) is 12.2 Å². The summed E-state index contributed by atoms with van der Waals surface area (Å²) in [6, 6.07) is 0. The highest BCUT2D eigenvalue weighted by atomic mass is 31.1. The van der Waals surface area contributed by atoms with Gasteiger partial charge < -0.3 is 10.2 Å². The average Bonchev–Trinajstić information content (AvgIpc) is 3.03. The number of carboxylic acids is 1. The number of aliphatic carboxylic acids is 1. The SMILES string of the molecule is CCCCCCCC/C=C\CCCCCCCC(=O)N(P=O)C(CO)(C(=O)O)C(=O)CCCCCCCCCCCCCCC. The molecule has 0 bridgehead atoms. The number of unbranched alkanes of at least 4 members (excludes halogenated alkanes) is 23. The minimum atomic E-state index is -2.50. The molecule has 0 saturated heterocycles. The van der Waals surface area contributed by atoms with Gasteiger partial charge in [0.1, 0.15) is 0 Å². The summed E-state index contributed by atoms with van der Waals surface area (Å²) < 4.78 is 12.5. The van der Waals surface area contributed by atoms with Crippen molar-refractivity contribution >= 4 is 26.3 Å². The number of carboxylic acid groups (broad SMARTS) is 1. The number of hydrogen-bond donors (Lipinski definition) is 2. The largest absolute Gasteiger partial charge is 0.479 e. The lowest BCUT2D eigenvalue weighted by atomic mass is 9.90. The summed E-state index contributed by atoms with van der Waals surface area (Å²) in [6.07, 6.45) is 33.8. The lowest BCUT2D eigenvalue weighted by molar-refractivity contribution is -0.161. The second-order valence-corrected chi connectivity index (χ2v) is 13.4.